The molecule has 4 nitrogen and oxygen atoms in total. The molecule has 2 aliphatic heterocycles. The van der Waals surface area contributed by atoms with Crippen molar-refractivity contribution in [3.05, 3.63) is 0 Å². The lowest BCUT2D eigenvalue weighted by molar-refractivity contribution is -0.00592. The monoisotopic (exact) mass is 198 g/mol. The van der Waals surface area contributed by atoms with Gasteiger partial charge in [0.1, 0.15) is 0 Å². The first-order valence-corrected chi connectivity index (χ1v) is 5.58. The zero-order valence-corrected chi connectivity index (χ0v) is 8.52. The van der Waals surface area contributed by atoms with E-state index in [1.54, 1.807) is 0 Å². The minimum absolute atomic E-state index is 0.00530. The van der Waals surface area contributed by atoms with Crippen molar-refractivity contribution < 1.29 is 9.47 Å². The molecule has 2 fully saturated rings. The van der Waals surface area contributed by atoms with E-state index in [4.69, 9.17) is 9.47 Å². The third-order valence-corrected chi connectivity index (χ3v) is 2.64. The summed E-state index contributed by atoms with van der Waals surface area (Å²) in [6, 6.07) is 0. The summed E-state index contributed by atoms with van der Waals surface area (Å²) in [4.78, 5) is 0. The van der Waals surface area contributed by atoms with E-state index in [1.165, 1.54) is 12.8 Å². The normalized spacial score (nSPS) is 34.9. The van der Waals surface area contributed by atoms with Crippen LogP contribution in [0, 0.1) is 0 Å². The molecule has 0 saturated carbocycles. The van der Waals surface area contributed by atoms with Gasteiger partial charge in [-0.15, -0.1) is 0 Å². The van der Waals surface area contributed by atoms with Gasteiger partial charge in [0, 0.05) is 13.2 Å². The molecule has 0 aromatic carbocycles. The van der Waals surface area contributed by atoms with Crippen LogP contribution in [-0.2, 0) is 9.47 Å². The van der Waals surface area contributed by atoms with E-state index in [9.17, 15) is 0 Å². The molecule has 2 unspecified atom stereocenters. The van der Waals surface area contributed by atoms with Crippen molar-refractivity contribution >= 4 is 0 Å². The van der Waals surface area contributed by atoms with Crippen molar-refractivity contribution in [2.45, 2.75) is 51.0 Å². The second-order valence-corrected chi connectivity index (χ2v) is 3.87. The number of hydrogen-bond donors (Lipinski definition) is 0. The van der Waals surface area contributed by atoms with Crippen molar-refractivity contribution in [2.24, 2.45) is 10.2 Å². The summed E-state index contributed by atoms with van der Waals surface area (Å²) >= 11 is 0. The summed E-state index contributed by atoms with van der Waals surface area (Å²) in [7, 11) is 0. The Hall–Kier alpha value is -0.480. The summed E-state index contributed by atoms with van der Waals surface area (Å²) < 4.78 is 10.9. The molecule has 2 rings (SSSR count). The zero-order valence-electron chi connectivity index (χ0n) is 8.52. The van der Waals surface area contributed by atoms with Gasteiger partial charge in [-0.05, 0) is 38.5 Å². The van der Waals surface area contributed by atoms with E-state index >= 15 is 0 Å². The lowest BCUT2D eigenvalue weighted by Gasteiger charge is -2.20. The largest absolute Gasteiger partial charge is 0.355 e. The summed E-state index contributed by atoms with van der Waals surface area (Å²) in [5, 5.41) is 8.37. The summed E-state index contributed by atoms with van der Waals surface area (Å²) in [6.45, 7) is 1.66. The van der Waals surface area contributed by atoms with E-state index in [0.717, 1.165) is 38.9 Å². The lowest BCUT2D eigenvalue weighted by atomic mass is 10.2. The molecule has 4 heteroatoms. The van der Waals surface area contributed by atoms with E-state index in [-0.39, 0.29) is 12.5 Å². The van der Waals surface area contributed by atoms with Crippen molar-refractivity contribution in [2.75, 3.05) is 13.2 Å². The molecular weight excluding hydrogens is 180 g/mol. The molecular formula is C10H18N2O2. The topological polar surface area (TPSA) is 43.2 Å². The maximum atomic E-state index is 5.45. The van der Waals surface area contributed by atoms with Crippen molar-refractivity contribution in [1.82, 2.24) is 0 Å². The first-order valence-electron chi connectivity index (χ1n) is 5.58. The molecule has 0 amide bonds. The van der Waals surface area contributed by atoms with Gasteiger partial charge in [-0.25, -0.2) is 0 Å². The molecule has 0 radical (unpaired) electrons. The number of hydrogen-bond acceptors (Lipinski definition) is 4. The highest BCUT2D eigenvalue weighted by atomic mass is 16.5. The Morgan fingerprint density at radius 2 is 1.21 bits per heavy atom. The summed E-state index contributed by atoms with van der Waals surface area (Å²) in [5.74, 6) is 0. The molecule has 80 valence electrons. The van der Waals surface area contributed by atoms with E-state index < -0.39 is 0 Å². The predicted molar refractivity (Wildman–Crippen MR) is 52.0 cm³/mol. The van der Waals surface area contributed by atoms with Crippen LogP contribution in [0.5, 0.6) is 0 Å². The van der Waals surface area contributed by atoms with Crippen LogP contribution in [0.4, 0.5) is 0 Å². The van der Waals surface area contributed by atoms with Crippen LogP contribution in [0.3, 0.4) is 0 Å². The smallest absolute Gasteiger partial charge is 0.168 e. The van der Waals surface area contributed by atoms with Crippen molar-refractivity contribution in [3.63, 3.8) is 0 Å². The molecule has 0 N–H and O–H groups in total. The Kier molecular flexibility index (Phi) is 3.89. The Morgan fingerprint density at radius 3 is 1.57 bits per heavy atom. The number of nitrogens with zero attached hydrogens (tertiary/aromatic N) is 2. The van der Waals surface area contributed by atoms with Crippen molar-refractivity contribution in [1.29, 1.82) is 0 Å². The maximum Gasteiger partial charge on any atom is 0.168 e. The standard InChI is InChI=1S/C10H18N2O2/c1-3-7-13-9(5-1)11-12-10-6-2-4-8-14-10/h9-10H,1-8H2/b12-11+. The Bertz CT molecular complexity index is 165. The minimum Gasteiger partial charge on any atom is -0.355 e. The highest BCUT2D eigenvalue weighted by molar-refractivity contribution is 4.62. The average Bonchev–Trinajstić information content (AvgIpc) is 2.29. The molecule has 14 heavy (non-hydrogen) atoms. The molecule has 0 aliphatic carbocycles. The summed E-state index contributed by atoms with van der Waals surface area (Å²) in [6.07, 6.45) is 6.73. The fourth-order valence-corrected chi connectivity index (χ4v) is 1.78. The minimum atomic E-state index is -0.00530. The van der Waals surface area contributed by atoms with Gasteiger partial charge in [0.15, 0.2) is 12.5 Å². The van der Waals surface area contributed by atoms with E-state index in [1.807, 2.05) is 0 Å². The molecule has 0 spiro atoms. The first kappa shape index (κ1) is 10.1. The lowest BCUT2D eigenvalue weighted by Crippen LogP contribution is -2.19. The Labute approximate surface area is 84.7 Å². The molecule has 0 bridgehead atoms. The highest BCUT2D eigenvalue weighted by Crippen LogP contribution is 2.17. The fourth-order valence-electron chi connectivity index (χ4n) is 1.78. The maximum absolute atomic E-state index is 5.45. The molecule has 0 aromatic rings. The predicted octanol–water partition coefficient (Wildman–Crippen LogP) is 2.49. The zero-order chi connectivity index (χ0) is 9.64. The average molecular weight is 198 g/mol. The molecule has 2 aliphatic rings. The number of ether oxygens (including phenoxy) is 2. The van der Waals surface area contributed by atoms with Crippen molar-refractivity contribution in [3.8, 4) is 0 Å². The van der Waals surface area contributed by atoms with Gasteiger partial charge in [-0.3, -0.25) is 0 Å². The Balaban J connectivity index is 1.73. The molecule has 2 saturated heterocycles. The van der Waals surface area contributed by atoms with Crippen LogP contribution in [-0.4, -0.2) is 25.7 Å². The second kappa shape index (κ2) is 5.41. The van der Waals surface area contributed by atoms with Gasteiger partial charge in [0.2, 0.25) is 0 Å². The highest BCUT2D eigenvalue weighted by Gasteiger charge is 2.15. The molecule has 2 heterocycles. The third-order valence-electron chi connectivity index (χ3n) is 2.64. The quantitative estimate of drug-likeness (QED) is 0.640. The van der Waals surface area contributed by atoms with Gasteiger partial charge >= 0.3 is 0 Å². The van der Waals surface area contributed by atoms with Gasteiger partial charge in [0.05, 0.1) is 0 Å². The second-order valence-electron chi connectivity index (χ2n) is 3.87. The summed E-state index contributed by atoms with van der Waals surface area (Å²) in [5.41, 5.74) is 0. The van der Waals surface area contributed by atoms with E-state index in [0.29, 0.717) is 0 Å². The fraction of sp³-hybridized carbons (Fsp3) is 1.00. The van der Waals surface area contributed by atoms with Crippen LogP contribution in [0.15, 0.2) is 10.2 Å². The van der Waals surface area contributed by atoms with Crippen LogP contribution < -0.4 is 0 Å². The first-order chi connectivity index (χ1) is 6.95. The van der Waals surface area contributed by atoms with Gasteiger partial charge in [-0.1, -0.05) is 0 Å². The van der Waals surface area contributed by atoms with Crippen LogP contribution in [0.1, 0.15) is 38.5 Å². The van der Waals surface area contributed by atoms with Gasteiger partial charge in [-0.2, -0.15) is 10.2 Å². The number of azo groups is 1. The van der Waals surface area contributed by atoms with Gasteiger partial charge in [0.25, 0.3) is 0 Å². The van der Waals surface area contributed by atoms with Crippen LogP contribution in [0.25, 0.3) is 0 Å². The number of rotatable bonds is 2. The Morgan fingerprint density at radius 1 is 0.714 bits per heavy atom. The van der Waals surface area contributed by atoms with Gasteiger partial charge < -0.3 is 9.47 Å². The SMILES string of the molecule is C1CCC(/N=N/C2CCCCO2)OC1. The molecule has 0 aromatic heterocycles. The molecule has 2 atom stereocenters. The van der Waals surface area contributed by atoms with Crippen LogP contribution in [0.2, 0.25) is 0 Å². The van der Waals surface area contributed by atoms with Crippen LogP contribution >= 0.6 is 0 Å². The van der Waals surface area contributed by atoms with E-state index in [2.05, 4.69) is 10.2 Å². The third kappa shape index (κ3) is 3.03.